The Hall–Kier alpha value is -1.56. The lowest BCUT2D eigenvalue weighted by molar-refractivity contribution is -0.116. The number of rotatable bonds is 4. The first-order valence-electron chi connectivity index (χ1n) is 4.36. The van der Waals surface area contributed by atoms with Crippen molar-refractivity contribution in [3.63, 3.8) is 0 Å². The van der Waals surface area contributed by atoms with Crippen molar-refractivity contribution >= 4 is 11.9 Å². The van der Waals surface area contributed by atoms with Gasteiger partial charge in [-0.05, 0) is 12.5 Å². The molecule has 6 heteroatoms. The van der Waals surface area contributed by atoms with Crippen LogP contribution in [0.2, 0.25) is 0 Å². The highest BCUT2D eigenvalue weighted by atomic mass is 16.1. The first-order valence-corrected chi connectivity index (χ1v) is 4.36. The van der Waals surface area contributed by atoms with E-state index in [9.17, 15) is 4.79 Å². The molecule has 0 saturated heterocycles. The fraction of sp³-hybridized carbons (Fsp3) is 0.500. The second-order valence-corrected chi connectivity index (χ2v) is 3.06. The SMILES string of the molecule is CC(CN)CC(=O)Nc1nccnn1. The van der Waals surface area contributed by atoms with E-state index >= 15 is 0 Å². The highest BCUT2D eigenvalue weighted by Crippen LogP contribution is 2.01. The molecule has 0 spiro atoms. The molecule has 1 aromatic heterocycles. The number of nitrogens with zero attached hydrogens (tertiary/aromatic N) is 3. The van der Waals surface area contributed by atoms with Crippen LogP contribution >= 0.6 is 0 Å². The van der Waals surface area contributed by atoms with Gasteiger partial charge in [-0.2, -0.15) is 5.10 Å². The summed E-state index contributed by atoms with van der Waals surface area (Å²) < 4.78 is 0. The number of nitrogens with one attached hydrogen (secondary N) is 1. The van der Waals surface area contributed by atoms with Crippen molar-refractivity contribution in [3.05, 3.63) is 12.4 Å². The first kappa shape index (κ1) is 10.5. The minimum Gasteiger partial charge on any atom is -0.330 e. The predicted molar refractivity (Wildman–Crippen MR) is 51.3 cm³/mol. The Morgan fingerprint density at radius 3 is 3.00 bits per heavy atom. The first-order chi connectivity index (χ1) is 6.72. The summed E-state index contributed by atoms with van der Waals surface area (Å²) in [6, 6.07) is 0. The predicted octanol–water partition coefficient (Wildman–Crippen LogP) is -0.205. The quantitative estimate of drug-likeness (QED) is 0.693. The van der Waals surface area contributed by atoms with Gasteiger partial charge in [0.05, 0.1) is 12.4 Å². The maximum atomic E-state index is 11.3. The number of amides is 1. The lowest BCUT2D eigenvalue weighted by Gasteiger charge is -2.06. The van der Waals surface area contributed by atoms with Crippen molar-refractivity contribution in [2.45, 2.75) is 13.3 Å². The van der Waals surface area contributed by atoms with Crippen LogP contribution in [0.5, 0.6) is 0 Å². The molecule has 76 valence electrons. The van der Waals surface area contributed by atoms with Crippen LogP contribution in [0.1, 0.15) is 13.3 Å². The van der Waals surface area contributed by atoms with Gasteiger partial charge in [0.15, 0.2) is 0 Å². The summed E-state index contributed by atoms with van der Waals surface area (Å²) in [5.41, 5.74) is 5.39. The van der Waals surface area contributed by atoms with Crippen LogP contribution in [0.25, 0.3) is 0 Å². The lowest BCUT2D eigenvalue weighted by Crippen LogP contribution is -2.21. The third-order valence-electron chi connectivity index (χ3n) is 1.67. The van der Waals surface area contributed by atoms with E-state index in [1.54, 1.807) is 0 Å². The second kappa shape index (κ2) is 5.23. The fourth-order valence-corrected chi connectivity index (χ4v) is 0.880. The Bertz CT molecular complexity index is 289. The zero-order valence-corrected chi connectivity index (χ0v) is 7.97. The Kier molecular flexibility index (Phi) is 3.93. The van der Waals surface area contributed by atoms with Gasteiger partial charge in [0.25, 0.3) is 0 Å². The number of aromatic nitrogens is 3. The number of carbonyl (C=O) groups excluding carboxylic acids is 1. The minimum atomic E-state index is -0.143. The summed E-state index contributed by atoms with van der Waals surface area (Å²) in [4.78, 5) is 15.1. The van der Waals surface area contributed by atoms with Gasteiger partial charge < -0.3 is 5.73 Å². The van der Waals surface area contributed by atoms with Crippen LogP contribution in [0.4, 0.5) is 5.95 Å². The van der Waals surface area contributed by atoms with Crippen LogP contribution in [-0.2, 0) is 4.79 Å². The van der Waals surface area contributed by atoms with E-state index in [-0.39, 0.29) is 17.8 Å². The number of carbonyl (C=O) groups is 1. The van der Waals surface area contributed by atoms with Crippen LogP contribution in [-0.4, -0.2) is 27.6 Å². The van der Waals surface area contributed by atoms with Crippen molar-refractivity contribution in [1.29, 1.82) is 0 Å². The summed E-state index contributed by atoms with van der Waals surface area (Å²) in [5.74, 6) is 0.240. The zero-order chi connectivity index (χ0) is 10.4. The molecule has 1 rings (SSSR count). The van der Waals surface area contributed by atoms with Gasteiger partial charge in [-0.3, -0.25) is 10.1 Å². The van der Waals surface area contributed by atoms with Crippen LogP contribution in [0.3, 0.4) is 0 Å². The number of hydrogen-bond acceptors (Lipinski definition) is 5. The van der Waals surface area contributed by atoms with Gasteiger partial charge in [-0.1, -0.05) is 6.92 Å². The summed E-state index contributed by atoms with van der Waals surface area (Å²) in [7, 11) is 0. The van der Waals surface area contributed by atoms with E-state index in [1.165, 1.54) is 12.4 Å². The van der Waals surface area contributed by atoms with Crippen molar-refractivity contribution < 1.29 is 4.79 Å². The summed E-state index contributed by atoms with van der Waals surface area (Å²) in [6.45, 7) is 2.39. The average Bonchev–Trinajstić information content (AvgIpc) is 2.19. The van der Waals surface area contributed by atoms with Crippen LogP contribution in [0, 0.1) is 5.92 Å². The molecule has 1 atom stereocenters. The molecule has 0 aliphatic heterocycles. The molecule has 3 N–H and O–H groups in total. The number of nitrogens with two attached hydrogens (primary N) is 1. The number of anilines is 1. The molecular formula is C8H13N5O. The van der Waals surface area contributed by atoms with Gasteiger partial charge >= 0.3 is 0 Å². The van der Waals surface area contributed by atoms with E-state index < -0.39 is 0 Å². The van der Waals surface area contributed by atoms with E-state index in [0.717, 1.165) is 0 Å². The summed E-state index contributed by atoms with van der Waals surface area (Å²) in [5, 5.41) is 9.74. The average molecular weight is 195 g/mol. The Labute approximate surface area is 81.9 Å². The summed E-state index contributed by atoms with van der Waals surface area (Å²) in [6.07, 6.45) is 3.28. The molecular weight excluding hydrogens is 182 g/mol. The Morgan fingerprint density at radius 2 is 2.43 bits per heavy atom. The van der Waals surface area contributed by atoms with E-state index in [1.807, 2.05) is 6.92 Å². The molecule has 14 heavy (non-hydrogen) atoms. The van der Waals surface area contributed by atoms with E-state index in [2.05, 4.69) is 20.5 Å². The standard InChI is InChI=1S/C8H13N5O/c1-6(5-9)4-7(14)12-8-10-2-3-11-13-8/h2-3,6H,4-5,9H2,1H3,(H,10,12,13,14). The summed E-state index contributed by atoms with van der Waals surface area (Å²) >= 11 is 0. The molecule has 1 amide bonds. The molecule has 1 unspecified atom stereocenters. The highest BCUT2D eigenvalue weighted by molar-refractivity contribution is 5.88. The largest absolute Gasteiger partial charge is 0.330 e. The van der Waals surface area contributed by atoms with Crippen molar-refractivity contribution in [3.8, 4) is 0 Å². The lowest BCUT2D eigenvalue weighted by atomic mass is 10.1. The molecule has 0 aromatic carbocycles. The Balaban J connectivity index is 2.42. The zero-order valence-electron chi connectivity index (χ0n) is 7.97. The minimum absolute atomic E-state index is 0.143. The smallest absolute Gasteiger partial charge is 0.249 e. The highest BCUT2D eigenvalue weighted by Gasteiger charge is 2.08. The topological polar surface area (TPSA) is 93.8 Å². The van der Waals surface area contributed by atoms with Gasteiger partial charge in [0.1, 0.15) is 0 Å². The molecule has 0 saturated carbocycles. The van der Waals surface area contributed by atoms with Gasteiger partial charge in [0, 0.05) is 6.42 Å². The van der Waals surface area contributed by atoms with Crippen molar-refractivity contribution in [2.75, 3.05) is 11.9 Å². The van der Waals surface area contributed by atoms with Gasteiger partial charge in [-0.25, -0.2) is 4.98 Å². The molecule has 0 fully saturated rings. The molecule has 0 bridgehead atoms. The molecule has 1 heterocycles. The Morgan fingerprint density at radius 1 is 1.64 bits per heavy atom. The van der Waals surface area contributed by atoms with Crippen LogP contribution < -0.4 is 11.1 Å². The van der Waals surface area contributed by atoms with Gasteiger partial charge in [-0.15, -0.1) is 5.10 Å². The monoisotopic (exact) mass is 195 g/mol. The second-order valence-electron chi connectivity index (χ2n) is 3.06. The van der Waals surface area contributed by atoms with E-state index in [0.29, 0.717) is 13.0 Å². The maximum absolute atomic E-state index is 11.3. The van der Waals surface area contributed by atoms with Crippen LogP contribution in [0.15, 0.2) is 12.4 Å². The molecule has 1 aromatic rings. The third kappa shape index (κ3) is 3.44. The maximum Gasteiger partial charge on any atom is 0.249 e. The van der Waals surface area contributed by atoms with Crippen molar-refractivity contribution in [1.82, 2.24) is 15.2 Å². The fourth-order valence-electron chi connectivity index (χ4n) is 0.880. The number of hydrogen-bond donors (Lipinski definition) is 2. The van der Waals surface area contributed by atoms with E-state index in [4.69, 9.17) is 5.73 Å². The normalized spacial score (nSPS) is 12.1. The molecule has 0 aliphatic carbocycles. The molecule has 0 radical (unpaired) electrons. The van der Waals surface area contributed by atoms with Crippen molar-refractivity contribution in [2.24, 2.45) is 11.7 Å². The third-order valence-corrected chi connectivity index (χ3v) is 1.67. The van der Waals surface area contributed by atoms with Gasteiger partial charge in [0.2, 0.25) is 11.9 Å². The molecule has 6 nitrogen and oxygen atoms in total. The molecule has 0 aliphatic rings.